The number of fused-ring (bicyclic) bond motifs is 1. The maximum atomic E-state index is 10.6. The molecule has 0 fully saturated rings. The van der Waals surface area contributed by atoms with Crippen LogP contribution in [0.1, 0.15) is 11.5 Å². The molecule has 0 N–H and O–H groups in total. The molecule has 0 atom stereocenters. The van der Waals surface area contributed by atoms with Crippen LogP contribution >= 0.6 is 23.2 Å². The monoisotopic (exact) mass is 334 g/mol. The van der Waals surface area contributed by atoms with Crippen LogP contribution in [0.3, 0.4) is 0 Å². The first-order valence-electron chi connectivity index (χ1n) is 6.21. The number of pyridine rings is 1. The van der Waals surface area contributed by atoms with E-state index in [4.69, 9.17) is 27.6 Å². The zero-order valence-electron chi connectivity index (χ0n) is 11.0. The topological polar surface area (TPSA) is 69.2 Å². The van der Waals surface area contributed by atoms with Gasteiger partial charge in [0, 0.05) is 10.4 Å². The highest BCUT2D eigenvalue weighted by Gasteiger charge is 2.10. The van der Waals surface area contributed by atoms with E-state index in [0.29, 0.717) is 27.0 Å². The number of halogens is 2. The standard InChI is InChI=1S/C15H8Cl2N2O3/c16-9-1-5-12-13(17)8-10(18-14(12)7-9)2-3-11-4-6-15(22-11)19(20)21/h1-8H/b3-2+. The first kappa shape index (κ1) is 14.6. The average molecular weight is 335 g/mol. The molecule has 0 spiro atoms. The third-order valence-electron chi connectivity index (χ3n) is 2.95. The minimum Gasteiger partial charge on any atom is -0.401 e. The molecule has 2 aromatic heterocycles. The Morgan fingerprint density at radius 2 is 1.95 bits per heavy atom. The highest BCUT2D eigenvalue weighted by atomic mass is 35.5. The zero-order valence-corrected chi connectivity index (χ0v) is 12.5. The van der Waals surface area contributed by atoms with Crippen molar-refractivity contribution in [2.24, 2.45) is 0 Å². The second kappa shape index (κ2) is 5.79. The largest absolute Gasteiger partial charge is 0.433 e. The van der Waals surface area contributed by atoms with Crippen LogP contribution in [-0.2, 0) is 0 Å². The fourth-order valence-corrected chi connectivity index (χ4v) is 2.40. The first-order chi connectivity index (χ1) is 10.5. The molecule has 110 valence electrons. The Balaban J connectivity index is 1.95. The molecular formula is C15H8Cl2N2O3. The van der Waals surface area contributed by atoms with Crippen molar-refractivity contribution in [1.29, 1.82) is 0 Å². The third-order valence-corrected chi connectivity index (χ3v) is 3.50. The molecule has 2 heterocycles. The van der Waals surface area contributed by atoms with E-state index >= 15 is 0 Å². The molecular weight excluding hydrogens is 327 g/mol. The summed E-state index contributed by atoms with van der Waals surface area (Å²) in [5.74, 6) is 0.0479. The number of furan rings is 1. The SMILES string of the molecule is O=[N+]([O-])c1ccc(/C=C/c2cc(Cl)c3ccc(Cl)cc3n2)o1. The van der Waals surface area contributed by atoms with E-state index in [0.717, 1.165) is 5.39 Å². The Morgan fingerprint density at radius 1 is 1.14 bits per heavy atom. The van der Waals surface area contributed by atoms with Crippen LogP contribution in [0, 0.1) is 10.1 Å². The normalized spacial score (nSPS) is 11.4. The highest BCUT2D eigenvalue weighted by molar-refractivity contribution is 6.36. The number of aromatic nitrogens is 1. The summed E-state index contributed by atoms with van der Waals surface area (Å²) in [5.41, 5.74) is 1.27. The Labute approximate surface area is 134 Å². The van der Waals surface area contributed by atoms with E-state index in [-0.39, 0.29) is 5.88 Å². The number of benzene rings is 1. The van der Waals surface area contributed by atoms with Gasteiger partial charge in [-0.05, 0) is 42.5 Å². The smallest absolute Gasteiger partial charge is 0.401 e. The summed E-state index contributed by atoms with van der Waals surface area (Å²) < 4.78 is 5.04. The van der Waals surface area contributed by atoms with Gasteiger partial charge in [-0.1, -0.05) is 23.2 Å². The number of hydrogen-bond donors (Lipinski definition) is 0. The van der Waals surface area contributed by atoms with Gasteiger partial charge >= 0.3 is 5.88 Å². The van der Waals surface area contributed by atoms with E-state index in [2.05, 4.69) is 4.98 Å². The van der Waals surface area contributed by atoms with Gasteiger partial charge in [-0.25, -0.2) is 4.98 Å². The third kappa shape index (κ3) is 2.95. The Morgan fingerprint density at radius 3 is 2.68 bits per heavy atom. The van der Waals surface area contributed by atoms with Crippen molar-refractivity contribution < 1.29 is 9.34 Å². The lowest BCUT2D eigenvalue weighted by molar-refractivity contribution is -0.402. The Kier molecular flexibility index (Phi) is 3.83. The highest BCUT2D eigenvalue weighted by Crippen LogP contribution is 2.26. The van der Waals surface area contributed by atoms with Gasteiger partial charge in [0.15, 0.2) is 0 Å². The fraction of sp³-hybridized carbons (Fsp3) is 0. The maximum absolute atomic E-state index is 10.6. The molecule has 3 aromatic rings. The summed E-state index contributed by atoms with van der Waals surface area (Å²) in [7, 11) is 0. The van der Waals surface area contributed by atoms with Crippen molar-refractivity contribution in [2.75, 3.05) is 0 Å². The van der Waals surface area contributed by atoms with Crippen LogP contribution in [0.15, 0.2) is 40.8 Å². The van der Waals surface area contributed by atoms with Crippen molar-refractivity contribution in [2.45, 2.75) is 0 Å². The van der Waals surface area contributed by atoms with Crippen molar-refractivity contribution in [3.8, 4) is 0 Å². The van der Waals surface area contributed by atoms with Gasteiger partial charge in [0.25, 0.3) is 0 Å². The summed E-state index contributed by atoms with van der Waals surface area (Å²) in [6.45, 7) is 0. The summed E-state index contributed by atoms with van der Waals surface area (Å²) >= 11 is 12.2. The van der Waals surface area contributed by atoms with E-state index in [9.17, 15) is 10.1 Å². The summed E-state index contributed by atoms with van der Waals surface area (Å²) in [4.78, 5) is 14.4. The van der Waals surface area contributed by atoms with Gasteiger partial charge in [-0.15, -0.1) is 0 Å². The van der Waals surface area contributed by atoms with E-state index in [1.165, 1.54) is 12.1 Å². The molecule has 22 heavy (non-hydrogen) atoms. The van der Waals surface area contributed by atoms with Crippen molar-refractivity contribution in [3.63, 3.8) is 0 Å². The van der Waals surface area contributed by atoms with Crippen LogP contribution in [0.25, 0.3) is 23.1 Å². The van der Waals surface area contributed by atoms with Gasteiger partial charge in [0.1, 0.15) is 10.7 Å². The molecule has 0 aliphatic carbocycles. The predicted octanol–water partition coefficient (Wildman–Crippen LogP) is 5.21. The lowest BCUT2D eigenvalue weighted by Gasteiger charge is -2.02. The summed E-state index contributed by atoms with van der Waals surface area (Å²) in [5, 5.41) is 12.5. The second-order valence-corrected chi connectivity index (χ2v) is 5.30. The van der Waals surface area contributed by atoms with Crippen molar-refractivity contribution >= 4 is 52.1 Å². The molecule has 7 heteroatoms. The van der Waals surface area contributed by atoms with Crippen LogP contribution in [0.5, 0.6) is 0 Å². The molecule has 0 bridgehead atoms. The van der Waals surface area contributed by atoms with E-state index in [1.54, 1.807) is 36.4 Å². The summed E-state index contributed by atoms with van der Waals surface area (Å²) in [6.07, 6.45) is 3.25. The van der Waals surface area contributed by atoms with Gasteiger partial charge in [-0.3, -0.25) is 10.1 Å². The van der Waals surface area contributed by atoms with E-state index < -0.39 is 4.92 Å². The molecule has 0 amide bonds. The molecule has 0 aliphatic heterocycles. The first-order valence-corrected chi connectivity index (χ1v) is 6.96. The average Bonchev–Trinajstić information content (AvgIpc) is 2.93. The van der Waals surface area contributed by atoms with Crippen molar-refractivity contribution in [3.05, 3.63) is 68.0 Å². The van der Waals surface area contributed by atoms with Gasteiger partial charge < -0.3 is 4.42 Å². The van der Waals surface area contributed by atoms with Gasteiger partial charge in [0.2, 0.25) is 0 Å². The number of rotatable bonds is 3. The van der Waals surface area contributed by atoms with Gasteiger partial charge in [0.05, 0.1) is 22.3 Å². The summed E-state index contributed by atoms with van der Waals surface area (Å²) in [6, 6.07) is 9.77. The molecule has 0 saturated heterocycles. The van der Waals surface area contributed by atoms with Crippen LogP contribution in [0.2, 0.25) is 10.0 Å². The minimum atomic E-state index is -0.593. The molecule has 0 radical (unpaired) electrons. The minimum absolute atomic E-state index is 0.309. The quantitative estimate of drug-likeness (QED) is 0.486. The van der Waals surface area contributed by atoms with Crippen LogP contribution in [-0.4, -0.2) is 9.91 Å². The van der Waals surface area contributed by atoms with Crippen LogP contribution < -0.4 is 0 Å². The van der Waals surface area contributed by atoms with Gasteiger partial charge in [-0.2, -0.15) is 0 Å². The number of nitro groups is 1. The lowest BCUT2D eigenvalue weighted by Crippen LogP contribution is -1.85. The molecule has 1 aromatic carbocycles. The lowest BCUT2D eigenvalue weighted by atomic mass is 10.2. The zero-order chi connectivity index (χ0) is 15.7. The number of hydrogen-bond acceptors (Lipinski definition) is 4. The molecule has 0 aliphatic rings. The maximum Gasteiger partial charge on any atom is 0.433 e. The Hall–Kier alpha value is -2.37. The molecule has 5 nitrogen and oxygen atoms in total. The molecule has 3 rings (SSSR count). The van der Waals surface area contributed by atoms with Crippen molar-refractivity contribution in [1.82, 2.24) is 4.98 Å². The molecule has 0 saturated carbocycles. The second-order valence-electron chi connectivity index (χ2n) is 4.46. The van der Waals surface area contributed by atoms with Crippen LogP contribution in [0.4, 0.5) is 5.88 Å². The molecule has 0 unspecified atom stereocenters. The van der Waals surface area contributed by atoms with E-state index in [1.807, 2.05) is 0 Å². The number of nitrogens with zero attached hydrogens (tertiary/aromatic N) is 2. The Bertz CT molecular complexity index is 903. The fourth-order valence-electron chi connectivity index (χ4n) is 1.96. The predicted molar refractivity (Wildman–Crippen MR) is 86.1 cm³/mol.